The summed E-state index contributed by atoms with van der Waals surface area (Å²) >= 11 is 1.96. The first-order valence-electron chi connectivity index (χ1n) is 6.50. The van der Waals surface area contributed by atoms with Gasteiger partial charge < -0.3 is 10.4 Å². The van der Waals surface area contributed by atoms with E-state index in [0.717, 1.165) is 50.0 Å². The minimum Gasteiger partial charge on any atom is -0.393 e. The molecular formula is C13H21NO2S. The van der Waals surface area contributed by atoms with E-state index in [0.29, 0.717) is 0 Å². The molecule has 1 aliphatic carbocycles. The van der Waals surface area contributed by atoms with Gasteiger partial charge in [-0.2, -0.15) is 11.8 Å². The van der Waals surface area contributed by atoms with Gasteiger partial charge in [-0.15, -0.1) is 0 Å². The minimum absolute atomic E-state index is 0.0632. The Bertz CT molecular complexity index is 288. The average molecular weight is 255 g/mol. The van der Waals surface area contributed by atoms with Gasteiger partial charge >= 0.3 is 0 Å². The molecule has 0 atom stereocenters. The Morgan fingerprint density at radius 2 is 1.88 bits per heavy atom. The molecule has 2 rings (SSSR count). The molecule has 1 saturated heterocycles. The van der Waals surface area contributed by atoms with E-state index in [2.05, 4.69) is 5.32 Å². The lowest BCUT2D eigenvalue weighted by Gasteiger charge is -2.26. The van der Waals surface area contributed by atoms with Crippen LogP contribution in [0.5, 0.6) is 0 Å². The lowest BCUT2D eigenvalue weighted by atomic mass is 9.93. The van der Waals surface area contributed by atoms with Crippen molar-refractivity contribution in [2.75, 3.05) is 11.5 Å². The molecule has 0 aromatic carbocycles. The number of nitrogens with one attached hydrogen (secondary N) is 1. The van der Waals surface area contributed by atoms with Crippen LogP contribution in [0.4, 0.5) is 0 Å². The molecule has 1 saturated carbocycles. The van der Waals surface area contributed by atoms with Gasteiger partial charge in [0.05, 0.1) is 6.10 Å². The maximum absolute atomic E-state index is 11.8. The molecule has 17 heavy (non-hydrogen) atoms. The second-order valence-corrected chi connectivity index (χ2v) is 6.15. The zero-order valence-corrected chi connectivity index (χ0v) is 11.0. The number of carbonyl (C=O) groups is 1. The van der Waals surface area contributed by atoms with Crippen LogP contribution in [-0.2, 0) is 4.79 Å². The third kappa shape index (κ3) is 4.36. The molecule has 0 aromatic heterocycles. The number of aliphatic hydroxyl groups is 1. The van der Waals surface area contributed by atoms with Gasteiger partial charge in [-0.05, 0) is 50.0 Å². The highest BCUT2D eigenvalue weighted by atomic mass is 32.2. The van der Waals surface area contributed by atoms with Crippen LogP contribution in [0, 0.1) is 0 Å². The number of aliphatic hydroxyl groups excluding tert-OH is 1. The SMILES string of the molecule is O=C(C=C1CCSCC1)NC1CCC(O)CC1. The average Bonchev–Trinajstić information content (AvgIpc) is 2.33. The fraction of sp³-hybridized carbons (Fsp3) is 0.769. The zero-order chi connectivity index (χ0) is 12.1. The summed E-state index contributed by atoms with van der Waals surface area (Å²) in [5.41, 5.74) is 1.29. The number of hydrogen-bond acceptors (Lipinski definition) is 3. The molecule has 96 valence electrons. The molecular weight excluding hydrogens is 234 g/mol. The first-order valence-corrected chi connectivity index (χ1v) is 7.65. The zero-order valence-electron chi connectivity index (χ0n) is 10.2. The molecule has 0 unspecified atom stereocenters. The molecule has 1 aliphatic heterocycles. The van der Waals surface area contributed by atoms with E-state index in [1.54, 1.807) is 6.08 Å². The van der Waals surface area contributed by atoms with Crippen molar-refractivity contribution < 1.29 is 9.90 Å². The molecule has 0 bridgehead atoms. The standard InChI is InChI=1S/C13H21NO2S/c15-12-3-1-11(2-4-12)14-13(16)9-10-5-7-17-8-6-10/h9,11-12,15H,1-8H2,(H,14,16). The lowest BCUT2D eigenvalue weighted by molar-refractivity contribution is -0.117. The van der Waals surface area contributed by atoms with E-state index < -0.39 is 0 Å². The van der Waals surface area contributed by atoms with Crippen LogP contribution in [-0.4, -0.2) is 34.7 Å². The summed E-state index contributed by atoms with van der Waals surface area (Å²) in [4.78, 5) is 11.8. The summed E-state index contributed by atoms with van der Waals surface area (Å²) in [5, 5.41) is 12.4. The predicted octanol–water partition coefficient (Wildman–Crippen LogP) is 1.86. The van der Waals surface area contributed by atoms with E-state index in [4.69, 9.17) is 0 Å². The Morgan fingerprint density at radius 1 is 1.24 bits per heavy atom. The number of carbonyl (C=O) groups excluding carboxylic acids is 1. The predicted molar refractivity (Wildman–Crippen MR) is 71.0 cm³/mol. The van der Waals surface area contributed by atoms with Gasteiger partial charge in [-0.1, -0.05) is 5.57 Å². The van der Waals surface area contributed by atoms with Crippen molar-refractivity contribution in [3.05, 3.63) is 11.6 Å². The Balaban J connectivity index is 1.76. The van der Waals surface area contributed by atoms with Crippen LogP contribution in [0.3, 0.4) is 0 Å². The van der Waals surface area contributed by atoms with Crippen molar-refractivity contribution in [2.45, 2.75) is 50.7 Å². The van der Waals surface area contributed by atoms with Crippen LogP contribution >= 0.6 is 11.8 Å². The van der Waals surface area contributed by atoms with Crippen LogP contribution in [0.2, 0.25) is 0 Å². The third-order valence-electron chi connectivity index (χ3n) is 3.51. The van der Waals surface area contributed by atoms with E-state index in [1.807, 2.05) is 11.8 Å². The van der Waals surface area contributed by atoms with E-state index in [9.17, 15) is 9.90 Å². The minimum atomic E-state index is -0.156. The number of allylic oxidation sites excluding steroid dienone is 1. The van der Waals surface area contributed by atoms with Crippen molar-refractivity contribution in [1.29, 1.82) is 0 Å². The molecule has 0 radical (unpaired) electrons. The van der Waals surface area contributed by atoms with Gasteiger partial charge in [0.1, 0.15) is 0 Å². The van der Waals surface area contributed by atoms with E-state index in [-0.39, 0.29) is 18.1 Å². The fourth-order valence-corrected chi connectivity index (χ4v) is 3.44. The van der Waals surface area contributed by atoms with E-state index in [1.165, 1.54) is 5.57 Å². The molecule has 0 aromatic rings. The van der Waals surface area contributed by atoms with Crippen molar-refractivity contribution in [1.82, 2.24) is 5.32 Å². The number of thioether (sulfide) groups is 1. The molecule has 2 aliphatic rings. The Kier molecular flexibility index (Phi) is 4.92. The second kappa shape index (κ2) is 6.45. The summed E-state index contributed by atoms with van der Waals surface area (Å²) < 4.78 is 0. The van der Waals surface area contributed by atoms with Crippen molar-refractivity contribution in [2.24, 2.45) is 0 Å². The van der Waals surface area contributed by atoms with Crippen LogP contribution < -0.4 is 5.32 Å². The monoisotopic (exact) mass is 255 g/mol. The summed E-state index contributed by atoms with van der Waals surface area (Å²) in [5.74, 6) is 2.36. The van der Waals surface area contributed by atoms with Gasteiger partial charge in [0.15, 0.2) is 0 Å². The first kappa shape index (κ1) is 13.0. The topological polar surface area (TPSA) is 49.3 Å². The quantitative estimate of drug-likeness (QED) is 0.741. The lowest BCUT2D eigenvalue weighted by Crippen LogP contribution is -2.37. The second-order valence-electron chi connectivity index (χ2n) is 4.93. The van der Waals surface area contributed by atoms with Crippen LogP contribution in [0.25, 0.3) is 0 Å². The molecule has 3 nitrogen and oxygen atoms in total. The number of amides is 1. The molecule has 0 spiro atoms. The van der Waals surface area contributed by atoms with Gasteiger partial charge in [0, 0.05) is 12.1 Å². The van der Waals surface area contributed by atoms with Gasteiger partial charge in [-0.3, -0.25) is 4.79 Å². The van der Waals surface area contributed by atoms with Crippen molar-refractivity contribution >= 4 is 17.7 Å². The summed E-state index contributed by atoms with van der Waals surface area (Å²) in [6.07, 6.45) is 7.21. The van der Waals surface area contributed by atoms with E-state index >= 15 is 0 Å². The molecule has 2 fully saturated rings. The Labute approximate surface area is 107 Å². The highest BCUT2D eigenvalue weighted by Gasteiger charge is 2.20. The van der Waals surface area contributed by atoms with Crippen LogP contribution in [0.15, 0.2) is 11.6 Å². The third-order valence-corrected chi connectivity index (χ3v) is 4.50. The first-order chi connectivity index (χ1) is 8.24. The smallest absolute Gasteiger partial charge is 0.244 e. The highest BCUT2D eigenvalue weighted by Crippen LogP contribution is 2.22. The van der Waals surface area contributed by atoms with Crippen molar-refractivity contribution in [3.8, 4) is 0 Å². The van der Waals surface area contributed by atoms with Crippen LogP contribution in [0.1, 0.15) is 38.5 Å². The molecule has 2 N–H and O–H groups in total. The van der Waals surface area contributed by atoms with Crippen molar-refractivity contribution in [3.63, 3.8) is 0 Å². The molecule has 4 heteroatoms. The van der Waals surface area contributed by atoms with Gasteiger partial charge in [0.2, 0.25) is 5.91 Å². The van der Waals surface area contributed by atoms with Gasteiger partial charge in [-0.25, -0.2) is 0 Å². The maximum atomic E-state index is 11.8. The Morgan fingerprint density at radius 3 is 2.53 bits per heavy atom. The summed E-state index contributed by atoms with van der Waals surface area (Å²) in [6, 6.07) is 0.265. The largest absolute Gasteiger partial charge is 0.393 e. The summed E-state index contributed by atoms with van der Waals surface area (Å²) in [7, 11) is 0. The molecule has 1 amide bonds. The number of rotatable bonds is 2. The maximum Gasteiger partial charge on any atom is 0.244 e. The number of hydrogen-bond donors (Lipinski definition) is 2. The molecule has 1 heterocycles. The Hall–Kier alpha value is -0.480. The normalized spacial score (nSPS) is 29.8. The van der Waals surface area contributed by atoms with Gasteiger partial charge in [0.25, 0.3) is 0 Å². The fourth-order valence-electron chi connectivity index (χ4n) is 2.43. The summed E-state index contributed by atoms with van der Waals surface area (Å²) in [6.45, 7) is 0. The highest BCUT2D eigenvalue weighted by molar-refractivity contribution is 7.99.